The Balaban J connectivity index is 1.37. The summed E-state index contributed by atoms with van der Waals surface area (Å²) in [5.41, 5.74) is 5.55. The lowest BCUT2D eigenvalue weighted by Gasteiger charge is -2.17. The summed E-state index contributed by atoms with van der Waals surface area (Å²) in [6, 6.07) is 15.7. The second-order valence-electron chi connectivity index (χ2n) is 6.97. The highest BCUT2D eigenvalue weighted by atomic mass is 35.5. The molecule has 1 aliphatic rings. The Morgan fingerprint density at radius 3 is 2.55 bits per heavy atom. The summed E-state index contributed by atoms with van der Waals surface area (Å²) in [6.45, 7) is 0.161. The first-order valence-corrected chi connectivity index (χ1v) is 9.80. The van der Waals surface area contributed by atoms with Gasteiger partial charge < -0.3 is 10.0 Å². The van der Waals surface area contributed by atoms with Crippen molar-refractivity contribution in [1.82, 2.24) is 20.6 Å². The van der Waals surface area contributed by atoms with Crippen molar-refractivity contribution in [3.8, 4) is 11.4 Å². The topological polar surface area (TPSA) is 117 Å². The van der Waals surface area contributed by atoms with Gasteiger partial charge in [0.05, 0.1) is 17.8 Å². The maximum Gasteiger partial charge on any atom is 0.294 e. The van der Waals surface area contributed by atoms with Crippen LogP contribution < -0.4 is 15.8 Å². The van der Waals surface area contributed by atoms with Crippen LogP contribution in [0.5, 0.6) is 5.75 Å². The number of nitrogens with one attached hydrogen (secondary N) is 2. The molecule has 158 valence electrons. The van der Waals surface area contributed by atoms with Gasteiger partial charge in [-0.1, -0.05) is 35.9 Å². The lowest BCUT2D eigenvalue weighted by molar-refractivity contribution is -0.126. The average Bonchev–Trinajstić information content (AvgIpc) is 3.35. The Morgan fingerprint density at radius 1 is 1.06 bits per heavy atom. The molecule has 2 heterocycles. The van der Waals surface area contributed by atoms with Crippen LogP contribution in [-0.2, 0) is 9.59 Å². The van der Waals surface area contributed by atoms with Crippen molar-refractivity contribution in [2.75, 3.05) is 11.4 Å². The minimum Gasteiger partial charge on any atom is -0.504 e. The van der Waals surface area contributed by atoms with Crippen LogP contribution in [0.25, 0.3) is 5.69 Å². The Morgan fingerprint density at radius 2 is 1.81 bits per heavy atom. The smallest absolute Gasteiger partial charge is 0.294 e. The summed E-state index contributed by atoms with van der Waals surface area (Å²) in [6.07, 6.45) is 1.30. The quantitative estimate of drug-likeness (QED) is 0.538. The van der Waals surface area contributed by atoms with Gasteiger partial charge in [-0.15, -0.1) is 0 Å². The molecule has 2 aromatic carbocycles. The number of carbonyl (C=O) groups excluding carboxylic acids is 3. The van der Waals surface area contributed by atoms with Gasteiger partial charge in [0, 0.05) is 23.7 Å². The van der Waals surface area contributed by atoms with E-state index in [1.165, 1.54) is 15.8 Å². The van der Waals surface area contributed by atoms with E-state index in [0.717, 1.165) is 0 Å². The first kappa shape index (κ1) is 20.4. The highest BCUT2D eigenvalue weighted by molar-refractivity contribution is 6.31. The van der Waals surface area contributed by atoms with Gasteiger partial charge in [0.2, 0.25) is 11.8 Å². The monoisotopic (exact) mass is 439 g/mol. The third-order valence-corrected chi connectivity index (χ3v) is 5.08. The molecular formula is C21H18ClN5O4. The highest BCUT2D eigenvalue weighted by Gasteiger charge is 2.35. The standard InChI is InChI=1S/C21H18ClN5O4/c22-14-5-4-8-16(10-14)26-11-13(9-18(26)29)20(30)23-24-21(31)19-17(28)12-27(25-19)15-6-2-1-3-7-15/h1-8,10,12-13,28H,9,11H2,(H,23,30)(H,24,31). The molecule has 1 aliphatic heterocycles. The molecule has 1 aromatic heterocycles. The summed E-state index contributed by atoms with van der Waals surface area (Å²) in [4.78, 5) is 38.6. The number of anilines is 1. The lowest BCUT2D eigenvalue weighted by atomic mass is 10.1. The number of nitrogens with zero attached hydrogens (tertiary/aromatic N) is 3. The van der Waals surface area contributed by atoms with Crippen molar-refractivity contribution in [3.05, 3.63) is 71.5 Å². The van der Waals surface area contributed by atoms with E-state index in [-0.39, 0.29) is 30.3 Å². The summed E-state index contributed by atoms with van der Waals surface area (Å²) in [5.74, 6) is -2.50. The molecule has 0 aliphatic carbocycles. The van der Waals surface area contributed by atoms with E-state index >= 15 is 0 Å². The fraction of sp³-hybridized carbons (Fsp3) is 0.143. The van der Waals surface area contributed by atoms with Gasteiger partial charge in [0.15, 0.2) is 11.4 Å². The van der Waals surface area contributed by atoms with E-state index in [1.807, 2.05) is 6.07 Å². The minimum atomic E-state index is -0.781. The van der Waals surface area contributed by atoms with Crippen LogP contribution in [0.3, 0.4) is 0 Å². The fourth-order valence-corrected chi connectivity index (χ4v) is 3.48. The number of para-hydroxylation sites is 1. The zero-order chi connectivity index (χ0) is 22.0. The highest BCUT2D eigenvalue weighted by Crippen LogP contribution is 2.27. The number of amides is 3. The molecular weight excluding hydrogens is 422 g/mol. The van der Waals surface area contributed by atoms with Gasteiger partial charge in [-0.25, -0.2) is 4.68 Å². The minimum absolute atomic E-state index is 0.00208. The normalized spacial score (nSPS) is 15.7. The van der Waals surface area contributed by atoms with Crippen molar-refractivity contribution < 1.29 is 19.5 Å². The fourth-order valence-electron chi connectivity index (χ4n) is 3.30. The molecule has 3 aromatic rings. The number of hydrogen-bond donors (Lipinski definition) is 3. The van der Waals surface area contributed by atoms with Crippen LogP contribution in [-0.4, -0.2) is 39.2 Å². The third kappa shape index (κ3) is 4.36. The molecule has 3 N–H and O–H groups in total. The van der Waals surface area contributed by atoms with Crippen LogP contribution in [0.15, 0.2) is 60.8 Å². The van der Waals surface area contributed by atoms with Gasteiger partial charge in [-0.2, -0.15) is 5.10 Å². The number of hydrogen-bond acceptors (Lipinski definition) is 5. The second-order valence-corrected chi connectivity index (χ2v) is 7.41. The van der Waals surface area contributed by atoms with Gasteiger partial charge in [-0.05, 0) is 30.3 Å². The van der Waals surface area contributed by atoms with E-state index < -0.39 is 17.7 Å². The Bertz CT molecular complexity index is 1150. The zero-order valence-corrected chi connectivity index (χ0v) is 16.9. The number of benzene rings is 2. The van der Waals surface area contributed by atoms with E-state index in [4.69, 9.17) is 11.6 Å². The zero-order valence-electron chi connectivity index (χ0n) is 16.2. The maximum absolute atomic E-state index is 12.5. The first-order valence-electron chi connectivity index (χ1n) is 9.42. The summed E-state index contributed by atoms with van der Waals surface area (Å²) in [5, 5.41) is 14.6. The number of hydrazine groups is 1. The predicted molar refractivity (Wildman–Crippen MR) is 113 cm³/mol. The Kier molecular flexibility index (Phi) is 5.59. The third-order valence-electron chi connectivity index (χ3n) is 4.85. The van der Waals surface area contributed by atoms with Gasteiger partial charge in [-0.3, -0.25) is 25.2 Å². The van der Waals surface area contributed by atoms with E-state index in [1.54, 1.807) is 48.5 Å². The van der Waals surface area contributed by atoms with Gasteiger partial charge in [0.1, 0.15) is 0 Å². The van der Waals surface area contributed by atoms with Gasteiger partial charge >= 0.3 is 0 Å². The molecule has 0 bridgehead atoms. The summed E-state index contributed by atoms with van der Waals surface area (Å²) in [7, 11) is 0. The van der Waals surface area contributed by atoms with Crippen LogP contribution in [0.1, 0.15) is 16.9 Å². The predicted octanol–water partition coefficient (Wildman–Crippen LogP) is 2.05. The molecule has 10 heteroatoms. The van der Waals surface area contributed by atoms with Crippen molar-refractivity contribution in [2.45, 2.75) is 6.42 Å². The molecule has 9 nitrogen and oxygen atoms in total. The molecule has 3 amide bonds. The van der Waals surface area contributed by atoms with E-state index in [0.29, 0.717) is 16.4 Å². The van der Waals surface area contributed by atoms with E-state index in [2.05, 4.69) is 16.0 Å². The van der Waals surface area contributed by atoms with Crippen molar-refractivity contribution in [1.29, 1.82) is 0 Å². The summed E-state index contributed by atoms with van der Waals surface area (Å²) < 4.78 is 1.35. The van der Waals surface area contributed by atoms with Crippen molar-refractivity contribution in [2.24, 2.45) is 5.92 Å². The van der Waals surface area contributed by atoms with Crippen molar-refractivity contribution >= 4 is 35.0 Å². The number of halogens is 1. The molecule has 4 rings (SSSR count). The molecule has 1 fully saturated rings. The van der Waals surface area contributed by atoms with Crippen LogP contribution in [0.2, 0.25) is 5.02 Å². The number of aromatic nitrogens is 2. The lowest BCUT2D eigenvalue weighted by Crippen LogP contribution is -2.45. The maximum atomic E-state index is 12.5. The number of aromatic hydroxyl groups is 1. The molecule has 0 saturated carbocycles. The molecule has 1 atom stereocenters. The van der Waals surface area contributed by atoms with Crippen LogP contribution >= 0.6 is 11.6 Å². The SMILES string of the molecule is O=C(NNC(=O)C1CC(=O)N(c2cccc(Cl)c2)C1)c1nn(-c2ccccc2)cc1O. The second kappa shape index (κ2) is 8.49. The van der Waals surface area contributed by atoms with Crippen LogP contribution in [0.4, 0.5) is 5.69 Å². The molecule has 1 unspecified atom stereocenters. The Hall–Kier alpha value is -3.85. The molecule has 0 radical (unpaired) electrons. The van der Waals surface area contributed by atoms with Gasteiger partial charge in [0.25, 0.3) is 5.91 Å². The number of rotatable bonds is 4. The van der Waals surface area contributed by atoms with Crippen molar-refractivity contribution in [3.63, 3.8) is 0 Å². The Labute approximate surface area is 182 Å². The molecule has 1 saturated heterocycles. The average molecular weight is 440 g/mol. The first-order chi connectivity index (χ1) is 14.9. The largest absolute Gasteiger partial charge is 0.504 e. The molecule has 0 spiro atoms. The van der Waals surface area contributed by atoms with E-state index in [9.17, 15) is 19.5 Å². The van der Waals surface area contributed by atoms with Crippen LogP contribution in [0, 0.1) is 5.92 Å². The summed E-state index contributed by atoms with van der Waals surface area (Å²) >= 11 is 5.97. The molecule has 31 heavy (non-hydrogen) atoms. The number of carbonyl (C=O) groups is 3.